The lowest BCUT2D eigenvalue weighted by Crippen LogP contribution is -2.41. The maximum atomic E-state index is 12.7. The highest BCUT2D eigenvalue weighted by atomic mass is 19.4. The van der Waals surface area contributed by atoms with Crippen LogP contribution in [0.2, 0.25) is 0 Å². The molecule has 0 aliphatic heterocycles. The number of nitriles is 1. The number of pyridine rings is 1. The molecule has 2 rings (SSSR count). The highest BCUT2D eigenvalue weighted by molar-refractivity contribution is 5.32. The molecule has 0 aliphatic rings. The maximum absolute atomic E-state index is 12.7. The molecule has 0 fully saturated rings. The van der Waals surface area contributed by atoms with E-state index < -0.39 is 23.1 Å². The first-order chi connectivity index (χ1) is 9.75. The SMILES string of the molecule is Cn1c(C(F)(F)F)cc(=O)n(-c2ccc(C#N)cn2)c1=O. The van der Waals surface area contributed by atoms with Gasteiger partial charge in [0, 0.05) is 19.3 Å². The van der Waals surface area contributed by atoms with Gasteiger partial charge in [0.15, 0.2) is 0 Å². The van der Waals surface area contributed by atoms with Crippen LogP contribution in [0.4, 0.5) is 13.2 Å². The van der Waals surface area contributed by atoms with E-state index in [1.807, 2.05) is 0 Å². The molecule has 2 aromatic rings. The summed E-state index contributed by atoms with van der Waals surface area (Å²) < 4.78 is 38.9. The fourth-order valence-electron chi connectivity index (χ4n) is 1.69. The number of nitrogens with zero attached hydrogens (tertiary/aromatic N) is 4. The molecule has 0 unspecified atom stereocenters. The smallest absolute Gasteiger partial charge is 0.292 e. The Morgan fingerprint density at radius 1 is 1.29 bits per heavy atom. The molecule has 0 atom stereocenters. The Labute approximate surface area is 115 Å². The molecule has 0 spiro atoms. The molecule has 2 heterocycles. The van der Waals surface area contributed by atoms with Gasteiger partial charge in [-0.2, -0.15) is 18.4 Å². The zero-order valence-electron chi connectivity index (χ0n) is 10.5. The van der Waals surface area contributed by atoms with Crippen LogP contribution in [0.3, 0.4) is 0 Å². The molecule has 2 aromatic heterocycles. The molecule has 9 heteroatoms. The van der Waals surface area contributed by atoms with E-state index >= 15 is 0 Å². The van der Waals surface area contributed by atoms with Crippen LogP contribution >= 0.6 is 0 Å². The van der Waals surface area contributed by atoms with E-state index in [9.17, 15) is 22.8 Å². The molecule has 108 valence electrons. The summed E-state index contributed by atoms with van der Waals surface area (Å²) in [6.07, 6.45) is -3.71. The standard InChI is InChI=1S/C12H7F3N4O2/c1-18-8(12(13,14)15)4-10(20)19(11(18)21)9-3-2-7(5-16)6-17-9/h2-4,6H,1H3. The fourth-order valence-corrected chi connectivity index (χ4v) is 1.69. The number of halogens is 3. The molecule has 21 heavy (non-hydrogen) atoms. The predicted octanol–water partition coefficient (Wildman–Crippen LogP) is 0.822. The van der Waals surface area contributed by atoms with Gasteiger partial charge in [0.25, 0.3) is 5.56 Å². The highest BCUT2D eigenvalue weighted by Gasteiger charge is 2.35. The summed E-state index contributed by atoms with van der Waals surface area (Å²) in [6, 6.07) is 4.61. The lowest BCUT2D eigenvalue weighted by atomic mass is 10.3. The summed E-state index contributed by atoms with van der Waals surface area (Å²) in [7, 11) is 0.907. The summed E-state index contributed by atoms with van der Waals surface area (Å²) in [5, 5.41) is 8.63. The van der Waals surface area contributed by atoms with Crippen LogP contribution in [0.25, 0.3) is 5.82 Å². The van der Waals surface area contributed by atoms with Crippen molar-refractivity contribution in [3.8, 4) is 11.9 Å². The zero-order valence-corrected chi connectivity index (χ0v) is 10.5. The number of alkyl halides is 3. The van der Waals surface area contributed by atoms with Crippen LogP contribution in [0, 0.1) is 11.3 Å². The van der Waals surface area contributed by atoms with E-state index in [1.165, 1.54) is 12.1 Å². The largest absolute Gasteiger partial charge is 0.431 e. The van der Waals surface area contributed by atoms with E-state index in [2.05, 4.69) is 4.98 Å². The Balaban J connectivity index is 2.72. The monoisotopic (exact) mass is 296 g/mol. The Bertz CT molecular complexity index is 841. The molecule has 0 saturated heterocycles. The van der Waals surface area contributed by atoms with Gasteiger partial charge in [-0.1, -0.05) is 0 Å². The van der Waals surface area contributed by atoms with Gasteiger partial charge < -0.3 is 0 Å². The van der Waals surface area contributed by atoms with E-state index in [1.54, 1.807) is 6.07 Å². The summed E-state index contributed by atoms with van der Waals surface area (Å²) in [5.74, 6) is -0.159. The first-order valence-corrected chi connectivity index (χ1v) is 5.52. The Morgan fingerprint density at radius 2 is 1.95 bits per heavy atom. The van der Waals surface area contributed by atoms with Gasteiger partial charge in [-0.05, 0) is 12.1 Å². The second-order valence-corrected chi connectivity index (χ2v) is 4.06. The normalized spacial score (nSPS) is 11.2. The van der Waals surface area contributed by atoms with Crippen molar-refractivity contribution < 1.29 is 13.2 Å². The zero-order chi connectivity index (χ0) is 15.8. The molecule has 6 nitrogen and oxygen atoms in total. The third-order valence-electron chi connectivity index (χ3n) is 2.72. The van der Waals surface area contributed by atoms with Crippen molar-refractivity contribution in [2.45, 2.75) is 6.18 Å². The van der Waals surface area contributed by atoms with Crippen molar-refractivity contribution in [3.05, 3.63) is 56.5 Å². The van der Waals surface area contributed by atoms with E-state index in [-0.39, 0.29) is 11.4 Å². The van der Waals surface area contributed by atoms with Crippen molar-refractivity contribution in [1.29, 1.82) is 5.26 Å². The highest BCUT2D eigenvalue weighted by Crippen LogP contribution is 2.26. The van der Waals surface area contributed by atoms with Crippen molar-refractivity contribution in [3.63, 3.8) is 0 Å². The fraction of sp³-hybridized carbons (Fsp3) is 0.167. The summed E-state index contributed by atoms with van der Waals surface area (Å²) in [4.78, 5) is 27.4. The van der Waals surface area contributed by atoms with Crippen LogP contribution in [0.15, 0.2) is 34.0 Å². The third kappa shape index (κ3) is 2.55. The molecule has 0 radical (unpaired) electrons. The van der Waals surface area contributed by atoms with Gasteiger partial charge in [0.2, 0.25) is 0 Å². The topological polar surface area (TPSA) is 80.7 Å². The minimum atomic E-state index is -4.82. The van der Waals surface area contributed by atoms with Gasteiger partial charge in [-0.3, -0.25) is 9.36 Å². The van der Waals surface area contributed by atoms with Crippen molar-refractivity contribution >= 4 is 0 Å². The van der Waals surface area contributed by atoms with Gasteiger partial charge in [0.1, 0.15) is 17.6 Å². The van der Waals surface area contributed by atoms with Crippen molar-refractivity contribution in [2.75, 3.05) is 0 Å². The van der Waals surface area contributed by atoms with Crippen LogP contribution in [-0.4, -0.2) is 14.1 Å². The van der Waals surface area contributed by atoms with Gasteiger partial charge in [-0.15, -0.1) is 0 Å². The number of aromatic nitrogens is 3. The van der Waals surface area contributed by atoms with Gasteiger partial charge >= 0.3 is 11.9 Å². The molecule has 0 N–H and O–H groups in total. The minimum absolute atomic E-state index is 0.159. The summed E-state index contributed by atoms with van der Waals surface area (Å²) in [5.41, 5.74) is -3.48. The average Bonchev–Trinajstić information content (AvgIpc) is 2.42. The quantitative estimate of drug-likeness (QED) is 0.780. The van der Waals surface area contributed by atoms with Crippen molar-refractivity contribution in [1.82, 2.24) is 14.1 Å². The van der Waals surface area contributed by atoms with Gasteiger partial charge in [-0.25, -0.2) is 14.3 Å². The Morgan fingerprint density at radius 3 is 2.43 bits per heavy atom. The summed E-state index contributed by atoms with van der Waals surface area (Å²) in [6.45, 7) is 0. The van der Waals surface area contributed by atoms with Crippen LogP contribution in [0.5, 0.6) is 0 Å². The molecule has 0 aliphatic carbocycles. The maximum Gasteiger partial charge on any atom is 0.431 e. The van der Waals surface area contributed by atoms with Crippen LogP contribution in [0.1, 0.15) is 11.3 Å². The number of hydrogen-bond donors (Lipinski definition) is 0. The second kappa shape index (κ2) is 4.90. The minimum Gasteiger partial charge on any atom is -0.292 e. The van der Waals surface area contributed by atoms with E-state index in [0.717, 1.165) is 13.2 Å². The molecule has 0 saturated carbocycles. The second-order valence-electron chi connectivity index (χ2n) is 4.06. The average molecular weight is 296 g/mol. The first-order valence-electron chi connectivity index (χ1n) is 5.52. The molecular weight excluding hydrogens is 289 g/mol. The Hall–Kier alpha value is -2.89. The molecule has 0 bridgehead atoms. The third-order valence-corrected chi connectivity index (χ3v) is 2.72. The lowest BCUT2D eigenvalue weighted by molar-refractivity contribution is -0.144. The number of hydrogen-bond acceptors (Lipinski definition) is 4. The summed E-state index contributed by atoms with van der Waals surface area (Å²) >= 11 is 0. The molecular formula is C12H7F3N4O2. The first kappa shape index (κ1) is 14.5. The van der Waals surface area contributed by atoms with Gasteiger partial charge in [0.05, 0.1) is 5.56 Å². The van der Waals surface area contributed by atoms with Crippen LogP contribution in [-0.2, 0) is 13.2 Å². The predicted molar refractivity (Wildman–Crippen MR) is 64.8 cm³/mol. The van der Waals surface area contributed by atoms with Crippen LogP contribution < -0.4 is 11.2 Å². The van der Waals surface area contributed by atoms with Crippen molar-refractivity contribution in [2.24, 2.45) is 7.05 Å². The molecule has 0 aromatic carbocycles. The lowest BCUT2D eigenvalue weighted by Gasteiger charge is -2.13. The van der Waals surface area contributed by atoms with E-state index in [0.29, 0.717) is 15.2 Å². The Kier molecular flexibility index (Phi) is 3.39. The van der Waals surface area contributed by atoms with E-state index in [4.69, 9.17) is 5.26 Å². The number of rotatable bonds is 1. The molecule has 0 amide bonds.